The summed E-state index contributed by atoms with van der Waals surface area (Å²) in [6.07, 6.45) is 28.4. The summed E-state index contributed by atoms with van der Waals surface area (Å²) in [7, 11) is 0. The van der Waals surface area contributed by atoms with E-state index in [1.54, 1.807) is 48.5 Å². The van der Waals surface area contributed by atoms with E-state index >= 15 is 19.2 Å². The summed E-state index contributed by atoms with van der Waals surface area (Å²) < 4.78 is 30.1. The number of carbonyl (C=O) groups is 4. The maximum absolute atomic E-state index is 16.5. The van der Waals surface area contributed by atoms with Crippen molar-refractivity contribution in [1.82, 2.24) is 0 Å². The number of rotatable bonds is 18. The predicted octanol–water partition coefficient (Wildman–Crippen LogP) is 25.9. The summed E-state index contributed by atoms with van der Waals surface area (Å²) in [4.78, 5) is 68.2. The molecular weight excluding hydrogens is 1380 g/mol. The maximum Gasteiger partial charge on any atom is 0.266 e. The first kappa shape index (κ1) is 78.6. The van der Waals surface area contributed by atoms with Crippen LogP contribution in [-0.2, 0) is 21.7 Å². The molecule has 0 atom stereocenters. The molecule has 112 heavy (non-hydrogen) atoms. The van der Waals surface area contributed by atoms with E-state index < -0.39 is 23.6 Å². The molecule has 2 aliphatic rings. The summed E-state index contributed by atoms with van der Waals surface area (Å²) in [5, 5.41) is 2.65. The van der Waals surface area contributed by atoms with Crippen LogP contribution in [-0.4, -0.2) is 23.6 Å². The highest BCUT2D eigenvalue weighted by molar-refractivity contribution is 6.48. The van der Waals surface area contributed by atoms with Crippen LogP contribution in [0.15, 0.2) is 146 Å². The molecule has 2 heterocycles. The topological polar surface area (TPSA) is 112 Å². The van der Waals surface area contributed by atoms with E-state index in [4.69, 9.17) is 44.6 Å². The lowest BCUT2D eigenvalue weighted by Gasteiger charge is -2.33. The van der Waals surface area contributed by atoms with Crippen molar-refractivity contribution in [2.75, 3.05) is 9.80 Å². The lowest BCUT2D eigenvalue weighted by Crippen LogP contribution is -2.41. The second-order valence-corrected chi connectivity index (χ2v) is 38.5. The molecule has 2 aliphatic heterocycles. The van der Waals surface area contributed by atoms with Crippen LogP contribution in [0.5, 0.6) is 46.0 Å². The van der Waals surface area contributed by atoms with Crippen molar-refractivity contribution in [3.63, 3.8) is 0 Å². The van der Waals surface area contributed by atoms with Gasteiger partial charge in [-0.25, -0.2) is 9.80 Å². The van der Waals surface area contributed by atoms with E-state index in [1.807, 2.05) is 62.4 Å². The van der Waals surface area contributed by atoms with E-state index in [2.05, 4.69) is 211 Å². The first-order valence-electron chi connectivity index (χ1n) is 38.7. The standard InChI is InChI=1S/C102H102N2O8/c1-27-61-47-69(48-62(28-2)59(61)5)103-91(105)75-51-79(109-71-39-31-65(32-40-71)99(19,20)55-95(7,8)9)85-87-81(111-73-43-35-67(36-44-73)101(23,24)57-97(13,14)15)53-77-84-78(94(108)104(93(77)107)70-49-63(29-3)60(6)64(30-4)50-70)54-82(112-74-45-37-68(38-46-74)102(25,26)58-98(16,17)18)88(90(84)87)86-80(52-76(92(103)106)83(75)89(85)86)110-72-41-33-66(34-42-72)100(21,22)56-96(10,11)12/h1-4,31-54H,55-58H2,5-26H3. The van der Waals surface area contributed by atoms with Gasteiger partial charge in [0, 0.05) is 65.3 Å². The Hall–Kier alpha value is -11.6. The minimum Gasteiger partial charge on any atom is -0.457 e. The average molecular weight is 1480 g/mol. The molecule has 0 fully saturated rings. The second kappa shape index (κ2) is 27.7. The van der Waals surface area contributed by atoms with Gasteiger partial charge < -0.3 is 18.9 Å². The number of terminal acetylenes is 4. The molecule has 0 aliphatic carbocycles. The molecular formula is C102H102N2O8. The van der Waals surface area contributed by atoms with Gasteiger partial charge in [-0.3, -0.25) is 19.2 Å². The van der Waals surface area contributed by atoms with Crippen LogP contribution in [0.1, 0.15) is 261 Å². The first-order valence-corrected chi connectivity index (χ1v) is 38.7. The third kappa shape index (κ3) is 14.7. The van der Waals surface area contributed by atoms with Crippen molar-refractivity contribution in [2.24, 2.45) is 21.7 Å². The van der Waals surface area contributed by atoms with Crippen molar-refractivity contribution in [3.8, 4) is 95.4 Å². The fourth-order valence-corrected chi connectivity index (χ4v) is 18.7. The fraction of sp³-hybridized carbons (Fsp3) is 0.333. The summed E-state index contributed by atoms with van der Waals surface area (Å²) in [5.41, 5.74) is 6.81. The van der Waals surface area contributed by atoms with E-state index in [0.717, 1.165) is 57.7 Å². The molecule has 13 rings (SSSR count). The van der Waals surface area contributed by atoms with E-state index in [-0.39, 0.29) is 111 Å². The zero-order chi connectivity index (χ0) is 81.4. The summed E-state index contributed by atoms with van der Waals surface area (Å²) in [5.74, 6) is 10.5. The Morgan fingerprint density at radius 2 is 0.464 bits per heavy atom. The number of carbonyl (C=O) groups excluding carboxylic acids is 4. The number of hydrogen-bond donors (Lipinski definition) is 0. The van der Waals surface area contributed by atoms with Gasteiger partial charge in [-0.2, -0.15) is 0 Å². The predicted molar refractivity (Wildman–Crippen MR) is 458 cm³/mol. The van der Waals surface area contributed by atoms with Crippen LogP contribution in [0.2, 0.25) is 0 Å². The Morgan fingerprint density at radius 1 is 0.277 bits per heavy atom. The number of hydrogen-bond acceptors (Lipinski definition) is 8. The highest BCUT2D eigenvalue weighted by Gasteiger charge is 2.44. The van der Waals surface area contributed by atoms with Crippen molar-refractivity contribution in [3.05, 3.63) is 223 Å². The van der Waals surface area contributed by atoms with Crippen LogP contribution < -0.4 is 28.7 Å². The molecule has 10 heteroatoms. The third-order valence-corrected chi connectivity index (χ3v) is 22.2. The zero-order valence-corrected chi connectivity index (χ0v) is 69.2. The minimum atomic E-state index is -0.697. The van der Waals surface area contributed by atoms with E-state index in [0.29, 0.717) is 88.7 Å². The van der Waals surface area contributed by atoms with Gasteiger partial charge in [-0.15, -0.1) is 25.7 Å². The molecule has 11 aromatic rings. The Labute approximate surface area is 662 Å². The molecule has 0 spiro atoms. The highest BCUT2D eigenvalue weighted by Crippen LogP contribution is 2.59. The van der Waals surface area contributed by atoms with Gasteiger partial charge in [0.25, 0.3) is 23.6 Å². The number of anilines is 2. The van der Waals surface area contributed by atoms with E-state index in [1.165, 1.54) is 0 Å². The maximum atomic E-state index is 16.5. The average Bonchev–Trinajstić information content (AvgIpc) is 0.668. The fourth-order valence-electron chi connectivity index (χ4n) is 18.7. The largest absolute Gasteiger partial charge is 0.457 e. The Kier molecular flexibility index (Phi) is 19.4. The summed E-state index contributed by atoms with van der Waals surface area (Å²) in [6, 6.07) is 45.2. The minimum absolute atomic E-state index is 0.00341. The number of imide groups is 2. The molecule has 0 unspecified atom stereocenters. The number of ether oxygens (including phenoxy) is 4. The van der Waals surface area contributed by atoms with Crippen molar-refractivity contribution in [2.45, 2.75) is 200 Å². The Morgan fingerprint density at radius 3 is 0.634 bits per heavy atom. The van der Waals surface area contributed by atoms with Gasteiger partial charge in [0.2, 0.25) is 0 Å². The second-order valence-electron chi connectivity index (χ2n) is 38.5. The van der Waals surface area contributed by atoms with E-state index in [9.17, 15) is 0 Å². The molecule has 0 aromatic heterocycles. The molecule has 0 saturated carbocycles. The van der Waals surface area contributed by atoms with Gasteiger partial charge >= 0.3 is 0 Å². The smallest absolute Gasteiger partial charge is 0.266 e. The van der Waals surface area contributed by atoms with Crippen LogP contribution in [0, 0.1) is 84.9 Å². The molecule has 0 saturated heterocycles. The molecule has 0 N–H and O–H groups in total. The van der Waals surface area contributed by atoms with Gasteiger partial charge in [0.1, 0.15) is 46.0 Å². The number of amides is 4. The molecule has 0 radical (unpaired) electrons. The first-order chi connectivity index (χ1) is 52.2. The van der Waals surface area contributed by atoms with Gasteiger partial charge in [-0.05, 0) is 213 Å². The van der Waals surface area contributed by atoms with Crippen LogP contribution in [0.4, 0.5) is 11.4 Å². The molecule has 568 valence electrons. The number of nitrogens with zero attached hydrogens (tertiary/aromatic N) is 2. The normalized spacial score (nSPS) is 13.8. The molecule has 10 nitrogen and oxygen atoms in total. The molecule has 0 bridgehead atoms. The van der Waals surface area contributed by atoms with Crippen molar-refractivity contribution in [1.29, 1.82) is 0 Å². The van der Waals surface area contributed by atoms with Crippen molar-refractivity contribution < 1.29 is 38.1 Å². The Balaban J connectivity index is 1.23. The third-order valence-electron chi connectivity index (χ3n) is 22.2. The van der Waals surface area contributed by atoms with Gasteiger partial charge in [0.15, 0.2) is 0 Å². The highest BCUT2D eigenvalue weighted by atomic mass is 16.5. The SMILES string of the molecule is C#Cc1cc(N2C(=O)c3cc(Oc4ccc(C(C)(C)CC(C)(C)C)cc4)c4c5c(Oc6ccc(C(C)(C)CC(C)(C)C)cc6)cc6c7c(cc(Oc8ccc(C(C)(C)CC(C)(C)C)cc8)c(c8c(Oc9ccc(C(C)(C)CC(C)(C)C)cc9)cc(c3c48)C2=O)c75)C(=O)N(c2cc(C#C)c(C)c(C#C)c2)C6=O)cc(C#C)c1C. The summed E-state index contributed by atoms with van der Waals surface area (Å²) >= 11 is 0. The molecule has 4 amide bonds. The van der Waals surface area contributed by atoms with Crippen LogP contribution >= 0.6 is 0 Å². The lowest BCUT2D eigenvalue weighted by atomic mass is 9.72. The quantitative estimate of drug-likeness (QED) is 0.0361. The van der Waals surface area contributed by atoms with Gasteiger partial charge in [-0.1, -0.05) is 211 Å². The Bertz CT molecular complexity index is 5210. The number of fused-ring (bicyclic) bond motifs is 2. The monoisotopic (exact) mass is 1480 g/mol. The lowest BCUT2D eigenvalue weighted by molar-refractivity contribution is 0.0877. The number of benzene rings is 11. The molecule has 11 aromatic carbocycles. The zero-order valence-electron chi connectivity index (χ0n) is 69.2. The van der Waals surface area contributed by atoms with Gasteiger partial charge in [0.05, 0.1) is 33.6 Å². The summed E-state index contributed by atoms with van der Waals surface area (Å²) in [6.45, 7) is 48.3. The van der Waals surface area contributed by atoms with Crippen molar-refractivity contribution >= 4 is 78.1 Å². The van der Waals surface area contributed by atoms with Crippen LogP contribution in [0.3, 0.4) is 0 Å². The van der Waals surface area contributed by atoms with Crippen LogP contribution in [0.25, 0.3) is 43.1 Å².